The van der Waals surface area contributed by atoms with Gasteiger partial charge in [0, 0.05) is 29.7 Å². The van der Waals surface area contributed by atoms with E-state index < -0.39 is 97.1 Å². The number of carbonyl (C=O) groups excluding carboxylic acids is 1. The molecule has 2 fully saturated rings. The van der Waals surface area contributed by atoms with Crippen LogP contribution in [0.3, 0.4) is 0 Å². The molecule has 38 heavy (non-hydrogen) atoms. The monoisotopic (exact) mass is 557 g/mol. The van der Waals surface area contributed by atoms with Crippen molar-refractivity contribution in [2.24, 2.45) is 11.8 Å². The number of nitrogens with two attached hydrogens (primary N) is 1. The Hall–Kier alpha value is -2.70. The van der Waals surface area contributed by atoms with Gasteiger partial charge in [0.25, 0.3) is 0 Å². The van der Waals surface area contributed by atoms with E-state index in [9.17, 15) is 18.3 Å². The minimum Gasteiger partial charge on any atom is -0.443 e. The van der Waals surface area contributed by atoms with Crippen LogP contribution in [0.1, 0.15) is 39.4 Å². The molecule has 2 heterocycles. The van der Waals surface area contributed by atoms with E-state index in [1.807, 2.05) is 0 Å². The number of aliphatic hydroxyl groups is 1. The molecular formula is C27H37N3O7S. The summed E-state index contributed by atoms with van der Waals surface area (Å²) in [5.41, 5.74) is 6.44. The number of alkyl carbamates (subject to hydrolysis) is 1. The van der Waals surface area contributed by atoms with Crippen molar-refractivity contribution in [3.8, 4) is 0 Å². The van der Waals surface area contributed by atoms with Crippen LogP contribution in [0.5, 0.6) is 0 Å². The first-order chi connectivity index (χ1) is 22.0. The van der Waals surface area contributed by atoms with Gasteiger partial charge in [-0.1, -0.05) is 44.0 Å². The van der Waals surface area contributed by atoms with Gasteiger partial charge in [-0.2, -0.15) is 4.31 Å². The summed E-state index contributed by atoms with van der Waals surface area (Å²) in [6.45, 7) is -11.9. The third kappa shape index (κ3) is 7.03. The van der Waals surface area contributed by atoms with E-state index in [0.29, 0.717) is 9.87 Å². The Labute approximate surface area is 238 Å². The first kappa shape index (κ1) is 17.8. The Morgan fingerprint density at radius 1 is 1.26 bits per heavy atom. The van der Waals surface area contributed by atoms with Crippen LogP contribution in [0.15, 0.2) is 59.5 Å². The van der Waals surface area contributed by atoms with Gasteiger partial charge in [0.2, 0.25) is 10.0 Å². The molecule has 0 aromatic heterocycles. The van der Waals surface area contributed by atoms with Crippen LogP contribution in [0.2, 0.25) is 0 Å². The summed E-state index contributed by atoms with van der Waals surface area (Å²) < 4.78 is 124. The van der Waals surface area contributed by atoms with Gasteiger partial charge in [-0.15, -0.1) is 0 Å². The Morgan fingerprint density at radius 3 is 2.71 bits per heavy atom. The summed E-state index contributed by atoms with van der Waals surface area (Å²) in [6.07, 6.45) is -6.18. The summed E-state index contributed by atoms with van der Waals surface area (Å²) in [4.78, 5) is 12.8. The summed E-state index contributed by atoms with van der Waals surface area (Å²) >= 11 is 0. The molecule has 0 aliphatic carbocycles. The second kappa shape index (κ2) is 12.4. The highest BCUT2D eigenvalue weighted by molar-refractivity contribution is 7.89. The molecule has 4 rings (SSSR count). The predicted molar refractivity (Wildman–Crippen MR) is 142 cm³/mol. The topological polar surface area (TPSA) is 140 Å². The molecule has 0 spiro atoms. The number of nitrogens with one attached hydrogen (secondary N) is 1. The van der Waals surface area contributed by atoms with Crippen molar-refractivity contribution in [3.05, 3.63) is 60.2 Å². The first-order valence-corrected chi connectivity index (χ1v) is 13.3. The number of nitrogens with zero attached hydrogens (tertiary/aromatic N) is 1. The molecule has 11 heteroatoms. The van der Waals surface area contributed by atoms with Crippen molar-refractivity contribution in [3.63, 3.8) is 0 Å². The van der Waals surface area contributed by atoms with Gasteiger partial charge in [0.05, 0.1) is 38.8 Å². The van der Waals surface area contributed by atoms with Crippen LogP contribution >= 0.6 is 0 Å². The second-order valence-electron chi connectivity index (χ2n) is 8.93. The standard InChI is InChI=1S/C27H37N3O7S/c1-18(2)15-30(38(33,34)21-10-8-20(28)9-11-21)16-24(31)23(14-19-6-4-3-5-7-19)29-27(32)37-25-17-36-26-22(25)12-13-35-26/h3-11,18,22-26,31H,12-17,28H2,1-2H3,(H,29,32)/t22-,23-,24+,25-,26+/m0/s1/i1D3,2D3,13D2,18D,22D. The third-order valence-corrected chi connectivity index (χ3v) is 7.97. The van der Waals surface area contributed by atoms with Crippen LogP contribution in [0.4, 0.5) is 10.5 Å². The molecule has 0 bridgehead atoms. The molecule has 2 aromatic carbocycles. The summed E-state index contributed by atoms with van der Waals surface area (Å²) in [6, 6.07) is 11.7. The zero-order valence-corrected chi connectivity index (χ0v) is 21.2. The lowest BCUT2D eigenvalue weighted by atomic mass is 10.0. The first-order valence-electron chi connectivity index (χ1n) is 16.8. The number of nitrogen functional groups attached to an aromatic ring is 1. The van der Waals surface area contributed by atoms with E-state index in [1.54, 1.807) is 30.3 Å². The number of rotatable bonds is 11. The molecule has 5 atom stereocenters. The zero-order valence-electron chi connectivity index (χ0n) is 30.4. The number of fused-ring (bicyclic) bond motifs is 1. The number of amides is 1. The lowest BCUT2D eigenvalue weighted by Crippen LogP contribution is -2.51. The molecule has 1 amide bonds. The average Bonchev–Trinajstić information content (AvgIpc) is 3.38. The van der Waals surface area contributed by atoms with Gasteiger partial charge in [-0.25, -0.2) is 13.2 Å². The van der Waals surface area contributed by atoms with E-state index in [2.05, 4.69) is 5.32 Å². The fraction of sp³-hybridized carbons (Fsp3) is 0.519. The Bertz CT molecular complexity index is 1530. The minimum absolute atomic E-state index is 0.126. The SMILES string of the molecule is [2H]C1([2H])C[C@]2([2H])[C@@H](OC[C@@H]2OC(=O)N[C@@H](Cc2ccccc2)[C@H](O)CN(CC([2H])(C([2H])([2H])[2H])C([2H])([2H])[2H])S(=O)(=O)c2ccc(N)cc2)O1. The molecule has 2 aliphatic heterocycles. The van der Waals surface area contributed by atoms with Gasteiger partial charge in [0.1, 0.15) is 6.10 Å². The Morgan fingerprint density at radius 2 is 2.00 bits per heavy atom. The molecule has 208 valence electrons. The highest BCUT2D eigenvalue weighted by atomic mass is 32.2. The molecule has 0 radical (unpaired) electrons. The van der Waals surface area contributed by atoms with Crippen molar-refractivity contribution < 1.29 is 46.2 Å². The summed E-state index contributed by atoms with van der Waals surface area (Å²) in [5.74, 6) is -5.11. The molecule has 0 unspecified atom stereocenters. The van der Waals surface area contributed by atoms with Crippen molar-refractivity contribution in [1.29, 1.82) is 0 Å². The summed E-state index contributed by atoms with van der Waals surface area (Å²) in [5, 5.41) is 14.0. The van der Waals surface area contributed by atoms with Crippen molar-refractivity contribution in [2.45, 2.75) is 56.0 Å². The van der Waals surface area contributed by atoms with Crippen LogP contribution in [-0.2, 0) is 30.7 Å². The maximum absolute atomic E-state index is 13.9. The van der Waals surface area contributed by atoms with Gasteiger partial charge < -0.3 is 30.4 Å². The largest absolute Gasteiger partial charge is 0.443 e. The number of benzene rings is 2. The number of carbonyl (C=O) groups is 1. The zero-order chi connectivity index (χ0) is 35.9. The van der Waals surface area contributed by atoms with Gasteiger partial charge in [-0.3, -0.25) is 0 Å². The molecule has 10 nitrogen and oxygen atoms in total. The van der Waals surface area contributed by atoms with Gasteiger partial charge >= 0.3 is 6.09 Å². The van der Waals surface area contributed by atoms with Crippen molar-refractivity contribution in [1.82, 2.24) is 9.62 Å². The van der Waals surface area contributed by atoms with E-state index in [1.165, 1.54) is 12.1 Å². The molecule has 2 saturated heterocycles. The number of sulfonamides is 1. The Balaban J connectivity index is 1.65. The van der Waals surface area contributed by atoms with E-state index in [4.69, 9.17) is 33.7 Å². The molecular weight excluding hydrogens is 510 g/mol. The lowest BCUT2D eigenvalue weighted by Gasteiger charge is -2.31. The van der Waals surface area contributed by atoms with Crippen molar-refractivity contribution >= 4 is 21.8 Å². The van der Waals surface area contributed by atoms with Crippen LogP contribution in [0.25, 0.3) is 0 Å². The lowest BCUT2D eigenvalue weighted by molar-refractivity contribution is -0.0907. The maximum Gasteiger partial charge on any atom is 0.407 e. The van der Waals surface area contributed by atoms with E-state index in [-0.39, 0.29) is 18.7 Å². The van der Waals surface area contributed by atoms with Gasteiger partial charge in [-0.05, 0) is 48.6 Å². The fourth-order valence-corrected chi connectivity index (χ4v) is 5.60. The number of hydrogen-bond acceptors (Lipinski definition) is 8. The highest BCUT2D eigenvalue weighted by Crippen LogP contribution is 2.33. The normalized spacial score (nSPS) is 30.9. The quantitative estimate of drug-likeness (QED) is 0.358. The molecule has 2 aliphatic rings. The Kier molecular flexibility index (Phi) is 5.83. The fourth-order valence-electron chi connectivity index (χ4n) is 4.17. The predicted octanol–water partition coefficient (Wildman–Crippen LogP) is 2.38. The molecule has 0 saturated carbocycles. The average molecular weight is 558 g/mol. The second-order valence-corrected chi connectivity index (χ2v) is 10.9. The molecule has 2 aromatic rings. The number of hydrogen-bond donors (Lipinski definition) is 3. The smallest absolute Gasteiger partial charge is 0.407 e. The van der Waals surface area contributed by atoms with Crippen molar-refractivity contribution in [2.75, 3.05) is 32.0 Å². The highest BCUT2D eigenvalue weighted by Gasteiger charge is 2.44. The minimum atomic E-state index is -4.79. The van der Waals surface area contributed by atoms with Crippen LogP contribution in [-0.4, -0.2) is 74.7 Å². The van der Waals surface area contributed by atoms with E-state index in [0.717, 1.165) is 12.1 Å². The number of anilines is 1. The molecule has 4 N–H and O–H groups in total. The van der Waals surface area contributed by atoms with Gasteiger partial charge in [0.15, 0.2) is 6.29 Å². The third-order valence-electron chi connectivity index (χ3n) is 6.14. The number of aliphatic hydroxyl groups excluding tert-OH is 1. The summed E-state index contributed by atoms with van der Waals surface area (Å²) in [7, 11) is -4.79. The van der Waals surface area contributed by atoms with Crippen LogP contribution < -0.4 is 11.1 Å². The maximum atomic E-state index is 13.9. The number of ether oxygens (including phenoxy) is 3. The van der Waals surface area contributed by atoms with Crippen LogP contribution in [0, 0.1) is 11.8 Å². The van der Waals surface area contributed by atoms with E-state index >= 15 is 0 Å².